The summed E-state index contributed by atoms with van der Waals surface area (Å²) in [5, 5.41) is 2.77. The molecule has 2 N–H and O–H groups in total. The van der Waals surface area contributed by atoms with Crippen molar-refractivity contribution in [3.63, 3.8) is 0 Å². The Bertz CT molecular complexity index is 702. The molecule has 0 spiro atoms. The van der Waals surface area contributed by atoms with E-state index in [2.05, 4.69) is 10.3 Å². The van der Waals surface area contributed by atoms with E-state index in [-0.39, 0.29) is 5.91 Å². The molecule has 22 heavy (non-hydrogen) atoms. The van der Waals surface area contributed by atoms with Crippen LogP contribution in [0, 0.1) is 13.8 Å². The largest absolute Gasteiger partial charge is 0.497 e. The summed E-state index contributed by atoms with van der Waals surface area (Å²) < 4.78 is 9.80. The average molecular weight is 302 g/mol. The van der Waals surface area contributed by atoms with Gasteiger partial charge in [-0.15, -0.1) is 0 Å². The number of ether oxygens (including phenoxy) is 2. The Morgan fingerprint density at radius 3 is 2.27 bits per heavy atom. The number of hydrogen-bond donors (Lipinski definition) is 2. The molecule has 0 aliphatic heterocycles. The molecule has 0 saturated carbocycles. The Hall–Kier alpha value is -2.76. The SMILES string of the molecule is COC(=O)c1c(C)[nH]c(C(=O)Nc2ccc(OC)cc2)c1C. The van der Waals surface area contributed by atoms with E-state index in [1.54, 1.807) is 45.2 Å². The molecular formula is C16H18N2O4. The lowest BCUT2D eigenvalue weighted by molar-refractivity contribution is 0.0599. The Labute approximate surface area is 128 Å². The van der Waals surface area contributed by atoms with Crippen molar-refractivity contribution in [3.8, 4) is 5.75 Å². The second-order valence-corrected chi connectivity index (χ2v) is 4.80. The molecule has 1 aromatic carbocycles. The molecule has 0 bridgehead atoms. The molecule has 1 amide bonds. The first kappa shape index (κ1) is 15.6. The fourth-order valence-corrected chi connectivity index (χ4v) is 2.25. The molecule has 0 fully saturated rings. The number of aromatic nitrogens is 1. The molecule has 2 aromatic rings. The third kappa shape index (κ3) is 2.95. The van der Waals surface area contributed by atoms with Gasteiger partial charge in [-0.05, 0) is 43.7 Å². The van der Waals surface area contributed by atoms with Gasteiger partial charge >= 0.3 is 5.97 Å². The number of esters is 1. The number of anilines is 1. The Kier molecular flexibility index (Phi) is 4.50. The van der Waals surface area contributed by atoms with Crippen molar-refractivity contribution in [2.24, 2.45) is 0 Å². The zero-order chi connectivity index (χ0) is 16.3. The molecule has 0 radical (unpaired) electrons. The summed E-state index contributed by atoms with van der Waals surface area (Å²) in [4.78, 5) is 27.0. The summed E-state index contributed by atoms with van der Waals surface area (Å²) in [6.45, 7) is 3.43. The lowest BCUT2D eigenvalue weighted by Crippen LogP contribution is -2.14. The second kappa shape index (κ2) is 6.34. The highest BCUT2D eigenvalue weighted by Crippen LogP contribution is 2.21. The number of aromatic amines is 1. The van der Waals surface area contributed by atoms with E-state index >= 15 is 0 Å². The van der Waals surface area contributed by atoms with Gasteiger partial charge in [0, 0.05) is 11.4 Å². The van der Waals surface area contributed by atoms with Crippen LogP contribution in [0.1, 0.15) is 32.1 Å². The van der Waals surface area contributed by atoms with Gasteiger partial charge in [-0.3, -0.25) is 4.79 Å². The van der Waals surface area contributed by atoms with Crippen LogP contribution in [0.2, 0.25) is 0 Å². The number of carbonyl (C=O) groups is 2. The van der Waals surface area contributed by atoms with Crippen LogP contribution in [0.5, 0.6) is 5.75 Å². The van der Waals surface area contributed by atoms with Gasteiger partial charge in [0.1, 0.15) is 11.4 Å². The van der Waals surface area contributed by atoms with Crippen molar-refractivity contribution in [1.29, 1.82) is 0 Å². The van der Waals surface area contributed by atoms with Gasteiger partial charge in [0.15, 0.2) is 0 Å². The summed E-state index contributed by atoms with van der Waals surface area (Å²) in [5.41, 5.74) is 2.53. The minimum Gasteiger partial charge on any atom is -0.497 e. The standard InChI is InChI=1S/C16H18N2O4/c1-9-13(16(20)22-4)10(2)17-14(9)15(19)18-11-5-7-12(21-3)8-6-11/h5-8,17H,1-4H3,(H,18,19). The quantitative estimate of drug-likeness (QED) is 0.851. The van der Waals surface area contributed by atoms with Crippen LogP contribution in [-0.2, 0) is 4.74 Å². The summed E-state index contributed by atoms with van der Waals surface area (Å²) >= 11 is 0. The van der Waals surface area contributed by atoms with Gasteiger partial charge in [0.05, 0.1) is 19.8 Å². The van der Waals surface area contributed by atoms with Crippen molar-refractivity contribution in [1.82, 2.24) is 4.98 Å². The van der Waals surface area contributed by atoms with E-state index in [1.807, 2.05) is 0 Å². The fourth-order valence-electron chi connectivity index (χ4n) is 2.25. The van der Waals surface area contributed by atoms with Crippen molar-refractivity contribution in [2.75, 3.05) is 19.5 Å². The molecule has 6 nitrogen and oxygen atoms in total. The molecule has 0 aliphatic rings. The van der Waals surface area contributed by atoms with Gasteiger partial charge in [-0.2, -0.15) is 0 Å². The number of methoxy groups -OCH3 is 2. The first-order valence-electron chi connectivity index (χ1n) is 6.70. The van der Waals surface area contributed by atoms with Crippen LogP contribution < -0.4 is 10.1 Å². The van der Waals surface area contributed by atoms with Gasteiger partial charge in [-0.1, -0.05) is 0 Å². The van der Waals surface area contributed by atoms with E-state index in [4.69, 9.17) is 9.47 Å². The second-order valence-electron chi connectivity index (χ2n) is 4.80. The maximum absolute atomic E-state index is 12.3. The molecule has 0 unspecified atom stereocenters. The van der Waals surface area contributed by atoms with Crippen LogP contribution in [0.4, 0.5) is 5.69 Å². The summed E-state index contributed by atoms with van der Waals surface area (Å²) in [6, 6.07) is 6.98. The number of rotatable bonds is 4. The van der Waals surface area contributed by atoms with Crippen molar-refractivity contribution in [3.05, 3.63) is 46.8 Å². The predicted molar refractivity (Wildman–Crippen MR) is 82.6 cm³/mol. The van der Waals surface area contributed by atoms with Gasteiger partial charge in [0.2, 0.25) is 0 Å². The zero-order valence-corrected chi connectivity index (χ0v) is 12.9. The third-order valence-electron chi connectivity index (χ3n) is 3.40. The van der Waals surface area contributed by atoms with Gasteiger partial charge in [-0.25, -0.2) is 4.79 Å². The molecule has 0 atom stereocenters. The minimum absolute atomic E-state index is 0.319. The Morgan fingerprint density at radius 2 is 1.73 bits per heavy atom. The van der Waals surface area contributed by atoms with Gasteiger partial charge < -0.3 is 19.8 Å². The Balaban J connectivity index is 2.24. The van der Waals surface area contributed by atoms with Crippen LogP contribution in [0.25, 0.3) is 0 Å². The third-order valence-corrected chi connectivity index (χ3v) is 3.40. The van der Waals surface area contributed by atoms with Gasteiger partial charge in [0.25, 0.3) is 5.91 Å². The first-order valence-corrected chi connectivity index (χ1v) is 6.70. The fraction of sp³-hybridized carbons (Fsp3) is 0.250. The highest BCUT2D eigenvalue weighted by atomic mass is 16.5. The van der Waals surface area contributed by atoms with Crippen molar-refractivity contribution < 1.29 is 19.1 Å². The highest BCUT2D eigenvalue weighted by molar-refractivity contribution is 6.06. The topological polar surface area (TPSA) is 80.4 Å². The summed E-state index contributed by atoms with van der Waals surface area (Å²) in [6.07, 6.45) is 0. The molecule has 0 aliphatic carbocycles. The maximum Gasteiger partial charge on any atom is 0.339 e. The zero-order valence-electron chi connectivity index (χ0n) is 12.9. The van der Waals surface area contributed by atoms with E-state index in [0.717, 1.165) is 0 Å². The van der Waals surface area contributed by atoms with E-state index in [9.17, 15) is 9.59 Å². The number of nitrogens with one attached hydrogen (secondary N) is 2. The molecule has 1 aromatic heterocycles. The van der Waals surface area contributed by atoms with E-state index in [0.29, 0.717) is 34.0 Å². The first-order chi connectivity index (χ1) is 10.5. The monoisotopic (exact) mass is 302 g/mol. The maximum atomic E-state index is 12.3. The lowest BCUT2D eigenvalue weighted by Gasteiger charge is -2.06. The summed E-state index contributed by atoms with van der Waals surface area (Å²) in [7, 11) is 2.89. The van der Waals surface area contributed by atoms with Crippen LogP contribution in [0.3, 0.4) is 0 Å². The average Bonchev–Trinajstić information content (AvgIpc) is 2.82. The van der Waals surface area contributed by atoms with E-state index in [1.165, 1.54) is 7.11 Å². The number of amides is 1. The predicted octanol–water partition coefficient (Wildman–Crippen LogP) is 2.68. The van der Waals surface area contributed by atoms with Crippen LogP contribution in [0.15, 0.2) is 24.3 Å². The molecule has 2 rings (SSSR count). The molecule has 0 saturated heterocycles. The molecule has 116 valence electrons. The summed E-state index contributed by atoms with van der Waals surface area (Å²) in [5.74, 6) is -0.0754. The minimum atomic E-state index is -0.463. The number of aryl methyl sites for hydroxylation is 1. The van der Waals surface area contributed by atoms with Crippen LogP contribution in [-0.4, -0.2) is 31.1 Å². The van der Waals surface area contributed by atoms with E-state index < -0.39 is 5.97 Å². The molecular weight excluding hydrogens is 284 g/mol. The van der Waals surface area contributed by atoms with Crippen LogP contribution >= 0.6 is 0 Å². The number of H-pyrrole nitrogens is 1. The number of carbonyl (C=O) groups excluding carboxylic acids is 2. The smallest absolute Gasteiger partial charge is 0.339 e. The number of benzene rings is 1. The number of hydrogen-bond acceptors (Lipinski definition) is 4. The Morgan fingerprint density at radius 1 is 1.09 bits per heavy atom. The lowest BCUT2D eigenvalue weighted by atomic mass is 10.1. The van der Waals surface area contributed by atoms with Crippen molar-refractivity contribution >= 4 is 17.6 Å². The molecule has 6 heteroatoms. The normalized spacial score (nSPS) is 10.2. The van der Waals surface area contributed by atoms with Crippen molar-refractivity contribution in [2.45, 2.75) is 13.8 Å². The highest BCUT2D eigenvalue weighted by Gasteiger charge is 2.22. The molecule has 1 heterocycles.